The highest BCUT2D eigenvalue weighted by atomic mass is 19.4. The highest BCUT2D eigenvalue weighted by Crippen LogP contribution is 2.32. The van der Waals surface area contributed by atoms with Gasteiger partial charge in [-0.25, -0.2) is 0 Å². The molecule has 0 aliphatic heterocycles. The van der Waals surface area contributed by atoms with Crippen molar-refractivity contribution in [1.29, 1.82) is 0 Å². The van der Waals surface area contributed by atoms with E-state index in [1.165, 1.54) is 24.5 Å². The Morgan fingerprint density at radius 3 is 2.61 bits per heavy atom. The van der Waals surface area contributed by atoms with Gasteiger partial charge in [-0.3, -0.25) is 4.98 Å². The molecule has 0 bridgehead atoms. The molecule has 18 heavy (non-hydrogen) atoms. The van der Waals surface area contributed by atoms with E-state index in [1.807, 2.05) is 0 Å². The number of halogens is 3. The monoisotopic (exact) mass is 255 g/mol. The molecule has 0 unspecified atom stereocenters. The Bertz CT molecular complexity index is 557. The Hall–Kier alpha value is -2.31. The van der Waals surface area contributed by atoms with Gasteiger partial charge in [0.2, 0.25) is 5.88 Å². The largest absolute Gasteiger partial charge is 0.437 e. The number of benzene rings is 1. The number of hydrogen-bond acceptors (Lipinski definition) is 4. The van der Waals surface area contributed by atoms with Gasteiger partial charge in [0.1, 0.15) is 11.6 Å². The Balaban J connectivity index is 2.25. The summed E-state index contributed by atoms with van der Waals surface area (Å²) in [5.74, 6) is 0.179. The van der Waals surface area contributed by atoms with E-state index in [2.05, 4.69) is 9.97 Å². The van der Waals surface area contributed by atoms with Crippen LogP contribution in [0.4, 0.5) is 19.0 Å². The Morgan fingerprint density at radius 2 is 1.94 bits per heavy atom. The van der Waals surface area contributed by atoms with Crippen LogP contribution in [0.1, 0.15) is 5.56 Å². The predicted octanol–water partition coefficient (Wildman–Crippen LogP) is 2.87. The number of ether oxygens (including phenoxy) is 1. The quantitative estimate of drug-likeness (QED) is 0.896. The first-order valence-electron chi connectivity index (χ1n) is 4.88. The summed E-state index contributed by atoms with van der Waals surface area (Å²) in [7, 11) is 0. The predicted molar refractivity (Wildman–Crippen MR) is 58.0 cm³/mol. The van der Waals surface area contributed by atoms with Gasteiger partial charge in [0.15, 0.2) is 0 Å². The minimum Gasteiger partial charge on any atom is -0.437 e. The van der Waals surface area contributed by atoms with Crippen LogP contribution in [-0.2, 0) is 6.18 Å². The van der Waals surface area contributed by atoms with Crippen molar-refractivity contribution in [3.05, 3.63) is 42.2 Å². The zero-order chi connectivity index (χ0) is 13.2. The highest BCUT2D eigenvalue weighted by Gasteiger charge is 2.30. The second kappa shape index (κ2) is 4.52. The zero-order valence-electron chi connectivity index (χ0n) is 8.98. The van der Waals surface area contributed by atoms with E-state index in [4.69, 9.17) is 10.5 Å². The van der Waals surface area contributed by atoms with Crippen LogP contribution in [0.25, 0.3) is 0 Å². The first kappa shape index (κ1) is 12.2. The van der Waals surface area contributed by atoms with Crippen molar-refractivity contribution >= 4 is 5.82 Å². The molecule has 0 saturated heterocycles. The standard InChI is InChI=1S/C11H8F3N3O/c12-11(13,14)7-2-1-3-8(4-7)18-10-6-16-5-9(15)17-10/h1-6H,(H2,15,17). The minimum absolute atomic E-state index is 0.0183. The van der Waals surface area contributed by atoms with Crippen molar-refractivity contribution in [3.8, 4) is 11.6 Å². The molecule has 1 aromatic carbocycles. The van der Waals surface area contributed by atoms with Gasteiger partial charge in [-0.15, -0.1) is 0 Å². The lowest BCUT2D eigenvalue weighted by Gasteiger charge is -2.09. The van der Waals surface area contributed by atoms with Crippen LogP contribution in [0.3, 0.4) is 0 Å². The van der Waals surface area contributed by atoms with Crippen LogP contribution < -0.4 is 10.5 Å². The third-order valence-corrected chi connectivity index (χ3v) is 2.01. The number of nitrogen functional groups attached to an aromatic ring is 1. The fraction of sp³-hybridized carbons (Fsp3) is 0.0909. The maximum atomic E-state index is 12.5. The van der Waals surface area contributed by atoms with Gasteiger partial charge >= 0.3 is 6.18 Å². The second-order valence-corrected chi connectivity index (χ2v) is 3.41. The van der Waals surface area contributed by atoms with Crippen molar-refractivity contribution in [2.24, 2.45) is 0 Å². The average Bonchev–Trinajstić information content (AvgIpc) is 2.28. The molecule has 7 heteroatoms. The van der Waals surface area contributed by atoms with Gasteiger partial charge < -0.3 is 10.5 Å². The molecule has 0 fully saturated rings. The molecule has 94 valence electrons. The molecule has 2 rings (SSSR count). The molecule has 0 aliphatic carbocycles. The number of aromatic nitrogens is 2. The lowest BCUT2D eigenvalue weighted by atomic mass is 10.2. The maximum absolute atomic E-state index is 12.5. The summed E-state index contributed by atoms with van der Waals surface area (Å²) in [6, 6.07) is 4.47. The summed E-state index contributed by atoms with van der Waals surface area (Å²) < 4.78 is 42.5. The molecule has 0 atom stereocenters. The fourth-order valence-electron chi connectivity index (χ4n) is 1.27. The van der Waals surface area contributed by atoms with Gasteiger partial charge in [-0.05, 0) is 18.2 Å². The van der Waals surface area contributed by atoms with Crippen LogP contribution >= 0.6 is 0 Å². The minimum atomic E-state index is -4.42. The molecule has 2 aromatic rings. The fourth-order valence-corrected chi connectivity index (χ4v) is 1.27. The first-order valence-corrected chi connectivity index (χ1v) is 4.88. The van der Waals surface area contributed by atoms with Gasteiger partial charge in [0.25, 0.3) is 0 Å². The van der Waals surface area contributed by atoms with Crippen LogP contribution in [0.5, 0.6) is 11.6 Å². The Labute approximate surface area is 100 Å². The third-order valence-electron chi connectivity index (χ3n) is 2.01. The molecular weight excluding hydrogens is 247 g/mol. The molecular formula is C11H8F3N3O. The average molecular weight is 255 g/mol. The SMILES string of the molecule is Nc1cncc(Oc2cccc(C(F)(F)F)c2)n1. The normalized spacial score (nSPS) is 11.3. The van der Waals surface area contributed by atoms with Crippen LogP contribution in [0, 0.1) is 0 Å². The lowest BCUT2D eigenvalue weighted by molar-refractivity contribution is -0.137. The van der Waals surface area contributed by atoms with Crippen molar-refractivity contribution in [1.82, 2.24) is 9.97 Å². The third kappa shape index (κ3) is 2.88. The van der Waals surface area contributed by atoms with E-state index in [0.29, 0.717) is 0 Å². The number of alkyl halides is 3. The van der Waals surface area contributed by atoms with Crippen LogP contribution in [0.15, 0.2) is 36.7 Å². The van der Waals surface area contributed by atoms with Crippen molar-refractivity contribution in [2.45, 2.75) is 6.18 Å². The molecule has 1 heterocycles. The summed E-state index contributed by atoms with van der Waals surface area (Å²) in [6.45, 7) is 0. The summed E-state index contributed by atoms with van der Waals surface area (Å²) in [5.41, 5.74) is 4.58. The van der Waals surface area contributed by atoms with E-state index in [-0.39, 0.29) is 17.4 Å². The molecule has 4 nitrogen and oxygen atoms in total. The van der Waals surface area contributed by atoms with E-state index in [9.17, 15) is 13.2 Å². The molecule has 0 amide bonds. The smallest absolute Gasteiger partial charge is 0.416 e. The van der Waals surface area contributed by atoms with E-state index >= 15 is 0 Å². The van der Waals surface area contributed by atoms with Gasteiger partial charge in [-0.2, -0.15) is 18.2 Å². The number of nitrogens with two attached hydrogens (primary N) is 1. The van der Waals surface area contributed by atoms with E-state index in [1.54, 1.807) is 0 Å². The molecule has 0 radical (unpaired) electrons. The summed E-state index contributed by atoms with van der Waals surface area (Å²) >= 11 is 0. The lowest BCUT2D eigenvalue weighted by Crippen LogP contribution is -2.04. The summed E-state index contributed by atoms with van der Waals surface area (Å²) in [4.78, 5) is 7.49. The van der Waals surface area contributed by atoms with Gasteiger partial charge in [0.05, 0.1) is 18.0 Å². The maximum Gasteiger partial charge on any atom is 0.416 e. The highest BCUT2D eigenvalue weighted by molar-refractivity contribution is 5.34. The topological polar surface area (TPSA) is 61.0 Å². The van der Waals surface area contributed by atoms with Crippen LogP contribution in [-0.4, -0.2) is 9.97 Å². The zero-order valence-corrected chi connectivity index (χ0v) is 8.98. The van der Waals surface area contributed by atoms with Crippen LogP contribution in [0.2, 0.25) is 0 Å². The number of anilines is 1. The van der Waals surface area contributed by atoms with E-state index in [0.717, 1.165) is 12.1 Å². The van der Waals surface area contributed by atoms with Crippen molar-refractivity contribution in [2.75, 3.05) is 5.73 Å². The molecule has 0 aliphatic rings. The summed E-state index contributed by atoms with van der Waals surface area (Å²) in [6.07, 6.45) is -1.85. The van der Waals surface area contributed by atoms with E-state index < -0.39 is 11.7 Å². The van der Waals surface area contributed by atoms with Crippen molar-refractivity contribution < 1.29 is 17.9 Å². The molecule has 2 N–H and O–H groups in total. The second-order valence-electron chi connectivity index (χ2n) is 3.41. The number of hydrogen-bond donors (Lipinski definition) is 1. The summed E-state index contributed by atoms with van der Waals surface area (Å²) in [5, 5.41) is 0. The van der Waals surface area contributed by atoms with Crippen molar-refractivity contribution in [3.63, 3.8) is 0 Å². The molecule has 0 spiro atoms. The van der Waals surface area contributed by atoms with Gasteiger partial charge in [0, 0.05) is 0 Å². The molecule has 1 aromatic heterocycles. The first-order chi connectivity index (χ1) is 8.45. The number of rotatable bonds is 2. The Morgan fingerprint density at radius 1 is 1.17 bits per heavy atom. The molecule has 0 saturated carbocycles. The Kier molecular flexibility index (Phi) is 3.05. The number of nitrogens with zero attached hydrogens (tertiary/aromatic N) is 2. The van der Waals surface area contributed by atoms with Gasteiger partial charge in [-0.1, -0.05) is 6.07 Å².